The Bertz CT molecular complexity index is 825. The highest BCUT2D eigenvalue weighted by Crippen LogP contribution is 2.36. The second kappa shape index (κ2) is 7.80. The number of aromatic nitrogens is 2. The molecule has 1 fully saturated rings. The number of nitrogens with zero attached hydrogens (tertiary/aromatic N) is 2. The quantitative estimate of drug-likeness (QED) is 0.781. The van der Waals surface area contributed by atoms with E-state index in [1.807, 2.05) is 25.1 Å². The number of carbonyl (C=O) groups excluding carboxylic acids is 1. The number of hydrogen-bond acceptors (Lipinski definition) is 7. The zero-order valence-electron chi connectivity index (χ0n) is 15.4. The van der Waals surface area contributed by atoms with Crippen molar-refractivity contribution in [2.45, 2.75) is 56.0 Å². The lowest BCUT2D eigenvalue weighted by Gasteiger charge is -2.30. The molecule has 1 aliphatic carbocycles. The van der Waals surface area contributed by atoms with Gasteiger partial charge in [-0.3, -0.25) is 4.79 Å². The molecule has 144 valence electrons. The van der Waals surface area contributed by atoms with Crippen LogP contribution < -0.4 is 14.8 Å². The van der Waals surface area contributed by atoms with Gasteiger partial charge in [-0.25, -0.2) is 0 Å². The minimum atomic E-state index is -0.302. The van der Waals surface area contributed by atoms with Crippen LogP contribution in [0.1, 0.15) is 39.5 Å². The molecule has 8 heteroatoms. The summed E-state index contributed by atoms with van der Waals surface area (Å²) in [6, 6.07) is 5.73. The first-order valence-electron chi connectivity index (χ1n) is 9.30. The van der Waals surface area contributed by atoms with Gasteiger partial charge in [0.25, 0.3) is 5.22 Å². The SMILES string of the molecule is C[C@@H](Sc1nnc(-c2ccc3c(c2)OCO3)o1)C(=O)N[C@H]1CCCC[C@@H]1C. The average Bonchev–Trinajstić information content (AvgIpc) is 3.32. The average molecular weight is 389 g/mol. The van der Waals surface area contributed by atoms with Crippen molar-refractivity contribution in [1.29, 1.82) is 0 Å². The fraction of sp³-hybridized carbons (Fsp3) is 0.526. The molecule has 2 aromatic rings. The van der Waals surface area contributed by atoms with E-state index in [4.69, 9.17) is 13.9 Å². The van der Waals surface area contributed by atoms with Gasteiger partial charge < -0.3 is 19.2 Å². The Hall–Kier alpha value is -2.22. The van der Waals surface area contributed by atoms with Crippen molar-refractivity contribution in [1.82, 2.24) is 15.5 Å². The van der Waals surface area contributed by atoms with Gasteiger partial charge in [0.1, 0.15) is 0 Å². The van der Waals surface area contributed by atoms with Gasteiger partial charge in [0.05, 0.1) is 5.25 Å². The number of thioether (sulfide) groups is 1. The highest BCUT2D eigenvalue weighted by Gasteiger charge is 2.26. The van der Waals surface area contributed by atoms with Crippen LogP contribution in [0.4, 0.5) is 0 Å². The maximum absolute atomic E-state index is 12.5. The molecule has 0 unspecified atom stereocenters. The van der Waals surface area contributed by atoms with Crippen molar-refractivity contribution in [2.24, 2.45) is 5.92 Å². The topological polar surface area (TPSA) is 86.5 Å². The summed E-state index contributed by atoms with van der Waals surface area (Å²) in [7, 11) is 0. The highest BCUT2D eigenvalue weighted by molar-refractivity contribution is 8.00. The molecular formula is C19H23N3O4S. The zero-order valence-corrected chi connectivity index (χ0v) is 16.3. The maximum atomic E-state index is 12.5. The monoisotopic (exact) mass is 389 g/mol. The Morgan fingerprint density at radius 2 is 2.04 bits per heavy atom. The lowest BCUT2D eigenvalue weighted by Crippen LogP contribution is -2.44. The van der Waals surface area contributed by atoms with Gasteiger partial charge in [-0.2, -0.15) is 0 Å². The van der Waals surface area contributed by atoms with Crippen LogP contribution in [0.25, 0.3) is 11.5 Å². The second-order valence-electron chi connectivity index (χ2n) is 7.08. The molecule has 1 aromatic heterocycles. The van der Waals surface area contributed by atoms with Gasteiger partial charge in [0, 0.05) is 11.6 Å². The van der Waals surface area contributed by atoms with E-state index in [-0.39, 0.29) is 24.0 Å². The van der Waals surface area contributed by atoms with E-state index in [1.54, 1.807) is 0 Å². The number of carbonyl (C=O) groups is 1. The first-order valence-corrected chi connectivity index (χ1v) is 10.2. The first kappa shape index (κ1) is 18.2. The van der Waals surface area contributed by atoms with Gasteiger partial charge in [0.15, 0.2) is 11.5 Å². The molecule has 1 saturated carbocycles. The Morgan fingerprint density at radius 1 is 1.22 bits per heavy atom. The van der Waals surface area contributed by atoms with E-state index >= 15 is 0 Å². The van der Waals surface area contributed by atoms with Gasteiger partial charge in [0.2, 0.25) is 18.6 Å². The molecule has 0 saturated heterocycles. The number of fused-ring (bicyclic) bond motifs is 1. The lowest BCUT2D eigenvalue weighted by atomic mass is 9.86. The predicted octanol–water partition coefficient (Wildman–Crippen LogP) is 3.64. The molecule has 0 radical (unpaired) electrons. The molecule has 0 bridgehead atoms. The summed E-state index contributed by atoms with van der Waals surface area (Å²) in [5.74, 6) is 2.30. The van der Waals surface area contributed by atoms with Crippen LogP contribution in [0.15, 0.2) is 27.8 Å². The third-order valence-corrected chi connectivity index (χ3v) is 6.05. The fourth-order valence-electron chi connectivity index (χ4n) is 3.44. The van der Waals surface area contributed by atoms with Crippen LogP contribution in [0.5, 0.6) is 11.5 Å². The molecule has 3 atom stereocenters. The van der Waals surface area contributed by atoms with Gasteiger partial charge in [-0.15, -0.1) is 10.2 Å². The summed E-state index contributed by atoms with van der Waals surface area (Å²) in [4.78, 5) is 12.5. The smallest absolute Gasteiger partial charge is 0.277 e. The third-order valence-electron chi connectivity index (χ3n) is 5.11. The molecule has 2 heterocycles. The number of benzene rings is 1. The van der Waals surface area contributed by atoms with Crippen molar-refractivity contribution in [2.75, 3.05) is 6.79 Å². The fourth-order valence-corrected chi connectivity index (χ4v) is 4.13. The number of ether oxygens (including phenoxy) is 2. The zero-order chi connectivity index (χ0) is 18.8. The van der Waals surface area contributed by atoms with E-state index in [2.05, 4.69) is 22.4 Å². The van der Waals surface area contributed by atoms with Crippen molar-refractivity contribution < 1.29 is 18.7 Å². The molecule has 2 aliphatic rings. The van der Waals surface area contributed by atoms with Crippen LogP contribution in [-0.4, -0.2) is 34.2 Å². The standard InChI is InChI=1S/C19H23N3O4S/c1-11-5-3-4-6-14(11)20-17(23)12(2)27-19-22-21-18(26-19)13-7-8-15-16(9-13)25-10-24-15/h7-9,11-12,14H,3-6,10H2,1-2H3,(H,20,23)/t11-,12+,14-/m0/s1. The Morgan fingerprint density at radius 3 is 2.89 bits per heavy atom. The Balaban J connectivity index is 1.37. The summed E-state index contributed by atoms with van der Waals surface area (Å²) in [5, 5.41) is 11.4. The normalized spacial score (nSPS) is 22.4. The van der Waals surface area contributed by atoms with Gasteiger partial charge in [-0.05, 0) is 43.9 Å². The van der Waals surface area contributed by atoms with Crippen molar-refractivity contribution in [3.8, 4) is 23.0 Å². The van der Waals surface area contributed by atoms with Crippen LogP contribution in [0, 0.1) is 5.92 Å². The van der Waals surface area contributed by atoms with Crippen LogP contribution >= 0.6 is 11.8 Å². The lowest BCUT2D eigenvalue weighted by molar-refractivity contribution is -0.121. The minimum Gasteiger partial charge on any atom is -0.454 e. The summed E-state index contributed by atoms with van der Waals surface area (Å²) in [6.07, 6.45) is 4.66. The molecule has 7 nitrogen and oxygen atoms in total. The summed E-state index contributed by atoms with van der Waals surface area (Å²) in [5.41, 5.74) is 0.756. The van der Waals surface area contributed by atoms with E-state index < -0.39 is 0 Å². The number of rotatable bonds is 5. The maximum Gasteiger partial charge on any atom is 0.277 e. The number of amides is 1. The van der Waals surface area contributed by atoms with Crippen LogP contribution in [0.3, 0.4) is 0 Å². The molecule has 4 rings (SSSR count). The Kier molecular flexibility index (Phi) is 5.24. The van der Waals surface area contributed by atoms with Crippen LogP contribution in [0.2, 0.25) is 0 Å². The molecule has 1 aromatic carbocycles. The van der Waals surface area contributed by atoms with E-state index in [1.165, 1.54) is 31.0 Å². The summed E-state index contributed by atoms with van der Waals surface area (Å²) < 4.78 is 16.4. The highest BCUT2D eigenvalue weighted by atomic mass is 32.2. The molecule has 1 aliphatic heterocycles. The van der Waals surface area contributed by atoms with E-state index in [0.717, 1.165) is 12.0 Å². The van der Waals surface area contributed by atoms with E-state index in [0.29, 0.717) is 28.5 Å². The van der Waals surface area contributed by atoms with Crippen molar-refractivity contribution in [3.63, 3.8) is 0 Å². The van der Waals surface area contributed by atoms with Gasteiger partial charge >= 0.3 is 0 Å². The Labute approximate surface area is 162 Å². The summed E-state index contributed by atoms with van der Waals surface area (Å²) in [6.45, 7) is 4.28. The summed E-state index contributed by atoms with van der Waals surface area (Å²) >= 11 is 1.27. The van der Waals surface area contributed by atoms with Crippen LogP contribution in [-0.2, 0) is 4.79 Å². The van der Waals surface area contributed by atoms with Crippen molar-refractivity contribution >= 4 is 17.7 Å². The molecule has 1 amide bonds. The molecule has 1 N–H and O–H groups in total. The number of nitrogens with one attached hydrogen (secondary N) is 1. The molecule has 27 heavy (non-hydrogen) atoms. The molecular weight excluding hydrogens is 366 g/mol. The largest absolute Gasteiger partial charge is 0.454 e. The number of hydrogen-bond donors (Lipinski definition) is 1. The first-order chi connectivity index (χ1) is 13.1. The van der Waals surface area contributed by atoms with E-state index in [9.17, 15) is 4.79 Å². The third kappa shape index (κ3) is 4.05. The second-order valence-corrected chi connectivity index (χ2v) is 8.37. The predicted molar refractivity (Wildman–Crippen MR) is 101 cm³/mol. The molecule has 0 spiro atoms. The van der Waals surface area contributed by atoms with Gasteiger partial charge in [-0.1, -0.05) is 31.5 Å². The minimum absolute atomic E-state index is 0.0154. The van der Waals surface area contributed by atoms with Crippen molar-refractivity contribution in [3.05, 3.63) is 18.2 Å².